The van der Waals surface area contributed by atoms with Crippen LogP contribution in [-0.2, 0) is 0 Å². The maximum Gasteiger partial charge on any atom is 0.0636 e. The van der Waals surface area contributed by atoms with E-state index in [1.54, 1.807) is 12.1 Å². The van der Waals surface area contributed by atoms with Crippen LogP contribution in [-0.4, -0.2) is 0 Å². The van der Waals surface area contributed by atoms with E-state index in [1.165, 1.54) is 0 Å². The molecular formula is C24H16. The van der Waals surface area contributed by atoms with Gasteiger partial charge < -0.3 is 0 Å². The van der Waals surface area contributed by atoms with Crippen molar-refractivity contribution in [3.8, 4) is 11.1 Å². The third-order valence-corrected chi connectivity index (χ3v) is 4.06. The predicted molar refractivity (Wildman–Crippen MR) is 104 cm³/mol. The van der Waals surface area contributed by atoms with Crippen molar-refractivity contribution in [1.82, 2.24) is 0 Å². The molecule has 0 heterocycles. The Kier molecular flexibility index (Phi) is 1.56. The molecular weight excluding hydrogens is 288 g/mol. The van der Waals surface area contributed by atoms with Crippen molar-refractivity contribution in [3.05, 3.63) is 96.8 Å². The number of hydrogen-bond donors (Lipinski definition) is 0. The van der Waals surface area contributed by atoms with Gasteiger partial charge in [-0.1, -0.05) is 78.7 Å². The highest BCUT2D eigenvalue weighted by atomic mass is 14.1. The molecule has 0 bridgehead atoms. The highest BCUT2D eigenvalue weighted by Gasteiger charge is 2.05. The first-order valence-corrected chi connectivity index (χ1v) is 7.57. The van der Waals surface area contributed by atoms with Crippen LogP contribution in [0.1, 0.15) is 12.3 Å². The molecule has 0 spiro atoms. The van der Waals surface area contributed by atoms with Gasteiger partial charge in [0.05, 0.1) is 12.3 Å². The molecule has 0 amide bonds. The maximum absolute atomic E-state index is 8.92. The summed E-state index contributed by atoms with van der Waals surface area (Å²) in [7, 11) is 0. The molecule has 0 heteroatoms. The molecule has 0 aliphatic carbocycles. The number of fused-ring (bicyclic) bond motifs is 3. The van der Waals surface area contributed by atoms with E-state index >= 15 is 0 Å². The molecule has 112 valence electrons. The number of benzene rings is 5. The van der Waals surface area contributed by atoms with Gasteiger partial charge in [-0.15, -0.1) is 0 Å². The lowest BCUT2D eigenvalue weighted by atomic mass is 9.95. The lowest BCUT2D eigenvalue weighted by molar-refractivity contribution is 1.68. The summed E-state index contributed by atoms with van der Waals surface area (Å²) in [6.07, 6.45) is 0. The third-order valence-electron chi connectivity index (χ3n) is 4.06. The van der Waals surface area contributed by atoms with Crippen molar-refractivity contribution in [1.29, 1.82) is 0 Å². The molecule has 0 saturated carbocycles. The fourth-order valence-corrected chi connectivity index (χ4v) is 2.92. The van der Waals surface area contributed by atoms with Crippen molar-refractivity contribution in [2.24, 2.45) is 0 Å². The topological polar surface area (TPSA) is 0 Å². The number of hydrogen-bond acceptors (Lipinski definition) is 0. The third kappa shape index (κ3) is 2.08. The summed E-state index contributed by atoms with van der Waals surface area (Å²) in [5.74, 6) is 0. The largest absolute Gasteiger partial charge is 0.0636 e. The minimum absolute atomic E-state index is 0.0681. The van der Waals surface area contributed by atoms with Gasteiger partial charge in [-0.25, -0.2) is 0 Å². The van der Waals surface area contributed by atoms with E-state index in [-0.39, 0.29) is 57.3 Å². The molecule has 24 heavy (non-hydrogen) atoms. The Bertz CT molecular complexity index is 1650. The van der Waals surface area contributed by atoms with E-state index < -0.39 is 24.2 Å². The molecule has 0 aromatic heterocycles. The molecule has 0 saturated heterocycles. The van der Waals surface area contributed by atoms with Crippen molar-refractivity contribution >= 4 is 32.3 Å². The van der Waals surface area contributed by atoms with Crippen LogP contribution in [0.25, 0.3) is 43.4 Å². The summed E-state index contributed by atoms with van der Waals surface area (Å²) in [5, 5.41) is 1.14. The van der Waals surface area contributed by atoms with Crippen LogP contribution in [0.2, 0.25) is 0 Å². The van der Waals surface area contributed by atoms with Crippen LogP contribution in [0.3, 0.4) is 0 Å². The maximum atomic E-state index is 8.92. The molecule has 0 fully saturated rings. The van der Waals surface area contributed by atoms with Crippen LogP contribution in [0.15, 0.2) is 96.8 Å². The summed E-state index contributed by atoms with van der Waals surface area (Å²) in [6.45, 7) is 0. The summed E-state index contributed by atoms with van der Waals surface area (Å²) in [6, 6.07) is 9.36. The fraction of sp³-hybridized carbons (Fsp3) is 0. The lowest BCUT2D eigenvalue weighted by Crippen LogP contribution is -1.83. The van der Waals surface area contributed by atoms with Gasteiger partial charge in [-0.3, -0.25) is 0 Å². The van der Waals surface area contributed by atoms with Gasteiger partial charge in [0.25, 0.3) is 0 Å². The Morgan fingerprint density at radius 2 is 1.25 bits per heavy atom. The van der Waals surface area contributed by atoms with Gasteiger partial charge in [0.1, 0.15) is 0 Å². The van der Waals surface area contributed by atoms with Crippen LogP contribution in [0, 0.1) is 0 Å². The van der Waals surface area contributed by atoms with Gasteiger partial charge in [-0.2, -0.15) is 0 Å². The van der Waals surface area contributed by atoms with Gasteiger partial charge in [-0.05, 0) is 61.6 Å². The Morgan fingerprint density at radius 3 is 2.12 bits per heavy atom. The molecule has 5 rings (SSSR count). The van der Waals surface area contributed by atoms with Crippen molar-refractivity contribution in [2.45, 2.75) is 0 Å². The highest BCUT2D eigenvalue weighted by Crippen LogP contribution is 2.32. The average Bonchev–Trinajstić information content (AvgIpc) is 2.81. The van der Waals surface area contributed by atoms with E-state index in [0.717, 1.165) is 10.8 Å². The van der Waals surface area contributed by atoms with Crippen LogP contribution in [0.4, 0.5) is 0 Å². The van der Waals surface area contributed by atoms with Gasteiger partial charge in [0.2, 0.25) is 0 Å². The summed E-state index contributed by atoms with van der Waals surface area (Å²) < 4.78 is 76.1. The minimum atomic E-state index is -0.532. The molecule has 0 radical (unpaired) electrons. The SMILES string of the molecule is [2H]c1c([2H])c([2H])c2c([2H])c3c([2H])c(-c4cccc5ccccc45)c([2H])c([2H])c3c([2H])c2c1[2H]. The normalized spacial score (nSPS) is 16.6. The Labute approximate surface area is 153 Å². The first kappa shape index (κ1) is 7.19. The number of rotatable bonds is 1. The molecule has 0 aliphatic rings. The first-order chi connectivity index (χ1) is 15.7. The van der Waals surface area contributed by atoms with E-state index in [4.69, 9.17) is 12.3 Å². The average molecular weight is 313 g/mol. The van der Waals surface area contributed by atoms with Crippen LogP contribution in [0.5, 0.6) is 0 Å². The van der Waals surface area contributed by atoms with E-state index in [0.29, 0.717) is 5.56 Å². The minimum Gasteiger partial charge on any atom is -0.0616 e. The highest BCUT2D eigenvalue weighted by molar-refractivity contribution is 6.02. The summed E-state index contributed by atoms with van der Waals surface area (Å²) in [5.41, 5.74) is 0.705. The second-order valence-electron chi connectivity index (χ2n) is 5.53. The molecule has 0 N–H and O–H groups in total. The molecule has 0 aliphatic heterocycles. The van der Waals surface area contributed by atoms with E-state index in [9.17, 15) is 0 Å². The zero-order chi connectivity index (χ0) is 23.8. The quantitative estimate of drug-likeness (QED) is 0.298. The van der Waals surface area contributed by atoms with Crippen molar-refractivity contribution in [3.63, 3.8) is 0 Å². The molecule has 0 unspecified atom stereocenters. The molecule has 5 aromatic carbocycles. The summed E-state index contributed by atoms with van der Waals surface area (Å²) in [4.78, 5) is 0. The van der Waals surface area contributed by atoms with Gasteiger partial charge in [0.15, 0.2) is 0 Å². The monoisotopic (exact) mass is 313 g/mol. The zero-order valence-corrected chi connectivity index (χ0v) is 12.5. The molecule has 5 aromatic rings. The van der Waals surface area contributed by atoms with E-state index in [1.807, 2.05) is 30.3 Å². The van der Waals surface area contributed by atoms with Gasteiger partial charge in [0, 0.05) is 0 Å². The van der Waals surface area contributed by atoms with E-state index in [2.05, 4.69) is 0 Å². The van der Waals surface area contributed by atoms with Crippen LogP contribution >= 0.6 is 0 Å². The standard InChI is InChI=1S/C24H16/c1-2-8-19-15-22-16-21(13-12-20(22)14-18(19)7-1)24-11-5-9-17-6-3-4-10-23(17)24/h1-16H/i1D,2D,7D,8D,12D,13D,14D,15D,16D. The lowest BCUT2D eigenvalue weighted by Gasteiger charge is -2.09. The fourth-order valence-electron chi connectivity index (χ4n) is 2.92. The Balaban J connectivity index is 2.05. The first-order valence-electron chi connectivity index (χ1n) is 12.1. The Morgan fingerprint density at radius 1 is 0.542 bits per heavy atom. The van der Waals surface area contributed by atoms with Gasteiger partial charge >= 0.3 is 0 Å². The predicted octanol–water partition coefficient (Wildman–Crippen LogP) is 6.81. The van der Waals surface area contributed by atoms with Crippen LogP contribution < -0.4 is 0 Å². The molecule has 0 atom stereocenters. The second-order valence-corrected chi connectivity index (χ2v) is 5.53. The smallest absolute Gasteiger partial charge is 0.0616 e. The van der Waals surface area contributed by atoms with Crippen molar-refractivity contribution < 1.29 is 12.3 Å². The second kappa shape index (κ2) is 5.21. The zero-order valence-electron chi connectivity index (χ0n) is 21.5. The molecule has 0 nitrogen and oxygen atoms in total. The summed E-state index contributed by atoms with van der Waals surface area (Å²) >= 11 is 0. The Hall–Kier alpha value is -3.12. The van der Waals surface area contributed by atoms with Crippen molar-refractivity contribution in [2.75, 3.05) is 0 Å².